The van der Waals surface area contributed by atoms with Gasteiger partial charge in [-0.15, -0.1) is 0 Å². The zero-order chi connectivity index (χ0) is 12.1. The maximum Gasteiger partial charge on any atom is 0.234 e. The van der Waals surface area contributed by atoms with Gasteiger partial charge in [0.1, 0.15) is 0 Å². The third kappa shape index (κ3) is 4.28. The van der Waals surface area contributed by atoms with Crippen LogP contribution < -0.4 is 10.6 Å². The van der Waals surface area contributed by atoms with Crippen molar-refractivity contribution in [2.45, 2.75) is 38.6 Å². The Labute approximate surface area is 104 Å². The predicted octanol–water partition coefficient (Wildman–Crippen LogP) is 0.587. The zero-order valence-corrected chi connectivity index (χ0v) is 10.9. The van der Waals surface area contributed by atoms with Crippen molar-refractivity contribution in [1.82, 2.24) is 15.5 Å². The summed E-state index contributed by atoms with van der Waals surface area (Å²) in [4.78, 5) is 14.1. The van der Waals surface area contributed by atoms with Crippen molar-refractivity contribution in [2.75, 3.05) is 32.7 Å². The molecule has 4 nitrogen and oxygen atoms in total. The number of carbonyl (C=O) groups is 1. The van der Waals surface area contributed by atoms with Crippen molar-refractivity contribution in [3.63, 3.8) is 0 Å². The molecule has 1 aliphatic carbocycles. The van der Waals surface area contributed by atoms with Gasteiger partial charge in [-0.2, -0.15) is 0 Å². The quantitative estimate of drug-likeness (QED) is 0.683. The second-order valence-electron chi connectivity index (χ2n) is 5.30. The first-order valence-corrected chi connectivity index (χ1v) is 7.01. The summed E-state index contributed by atoms with van der Waals surface area (Å²) < 4.78 is 0. The Morgan fingerprint density at radius 2 is 2.12 bits per heavy atom. The average Bonchev–Trinajstić information content (AvgIpc) is 3.03. The molecule has 4 heteroatoms. The molecule has 2 aliphatic rings. The molecule has 1 saturated heterocycles. The van der Waals surface area contributed by atoms with Crippen LogP contribution in [0.2, 0.25) is 0 Å². The Morgan fingerprint density at radius 3 is 2.82 bits per heavy atom. The number of carbonyl (C=O) groups excluding carboxylic acids is 1. The van der Waals surface area contributed by atoms with Crippen molar-refractivity contribution in [2.24, 2.45) is 5.92 Å². The van der Waals surface area contributed by atoms with Gasteiger partial charge < -0.3 is 10.6 Å². The van der Waals surface area contributed by atoms with Crippen LogP contribution in [0.4, 0.5) is 0 Å². The van der Waals surface area contributed by atoms with E-state index in [0.29, 0.717) is 12.6 Å². The molecule has 2 N–H and O–H groups in total. The molecule has 1 heterocycles. The largest absolute Gasteiger partial charge is 0.353 e. The topological polar surface area (TPSA) is 44.4 Å². The van der Waals surface area contributed by atoms with Crippen LogP contribution in [0.15, 0.2) is 0 Å². The molecule has 0 aromatic heterocycles. The van der Waals surface area contributed by atoms with Crippen molar-refractivity contribution < 1.29 is 4.79 Å². The summed E-state index contributed by atoms with van der Waals surface area (Å²) in [5, 5.41) is 6.26. The molecule has 2 fully saturated rings. The van der Waals surface area contributed by atoms with Crippen molar-refractivity contribution in [3.8, 4) is 0 Å². The van der Waals surface area contributed by atoms with E-state index in [4.69, 9.17) is 0 Å². The number of amides is 1. The number of hydrogen-bond acceptors (Lipinski definition) is 3. The van der Waals surface area contributed by atoms with Crippen molar-refractivity contribution in [3.05, 3.63) is 0 Å². The highest BCUT2D eigenvalue weighted by molar-refractivity contribution is 5.78. The van der Waals surface area contributed by atoms with Gasteiger partial charge in [0.05, 0.1) is 6.54 Å². The average molecular weight is 239 g/mol. The first-order valence-electron chi connectivity index (χ1n) is 7.01. The van der Waals surface area contributed by atoms with Crippen LogP contribution in [0, 0.1) is 5.92 Å². The molecular weight excluding hydrogens is 214 g/mol. The molecule has 17 heavy (non-hydrogen) atoms. The minimum Gasteiger partial charge on any atom is -0.353 e. The number of likely N-dealkylation sites (tertiary alicyclic amines) is 1. The van der Waals surface area contributed by atoms with Crippen LogP contribution in [-0.4, -0.2) is 49.6 Å². The molecule has 1 atom stereocenters. The molecule has 0 bridgehead atoms. The highest BCUT2D eigenvalue weighted by Crippen LogP contribution is 2.27. The fourth-order valence-corrected chi connectivity index (χ4v) is 2.55. The Bertz CT molecular complexity index is 253. The lowest BCUT2D eigenvalue weighted by Crippen LogP contribution is -2.43. The van der Waals surface area contributed by atoms with E-state index in [1.165, 1.54) is 32.2 Å². The van der Waals surface area contributed by atoms with E-state index in [1.807, 2.05) is 0 Å². The summed E-state index contributed by atoms with van der Waals surface area (Å²) in [7, 11) is 0. The number of nitrogens with zero attached hydrogens (tertiary/aromatic N) is 1. The third-order valence-electron chi connectivity index (χ3n) is 3.86. The maximum absolute atomic E-state index is 11.6. The van der Waals surface area contributed by atoms with Gasteiger partial charge in [-0.05, 0) is 51.2 Å². The lowest BCUT2D eigenvalue weighted by atomic mass is 10.2. The Balaban J connectivity index is 1.55. The van der Waals surface area contributed by atoms with E-state index in [-0.39, 0.29) is 5.91 Å². The van der Waals surface area contributed by atoms with E-state index in [9.17, 15) is 4.79 Å². The van der Waals surface area contributed by atoms with Gasteiger partial charge in [0.25, 0.3) is 0 Å². The molecule has 0 aromatic rings. The van der Waals surface area contributed by atoms with Gasteiger partial charge in [-0.1, -0.05) is 6.92 Å². The minimum absolute atomic E-state index is 0.147. The molecule has 2 rings (SSSR count). The number of rotatable bonds is 7. The zero-order valence-electron chi connectivity index (χ0n) is 10.9. The predicted molar refractivity (Wildman–Crippen MR) is 68.9 cm³/mol. The van der Waals surface area contributed by atoms with Crippen LogP contribution in [0.1, 0.15) is 32.6 Å². The molecule has 1 aliphatic heterocycles. The van der Waals surface area contributed by atoms with Crippen molar-refractivity contribution in [1.29, 1.82) is 0 Å². The van der Waals surface area contributed by atoms with Crippen LogP contribution in [0.5, 0.6) is 0 Å². The molecule has 98 valence electrons. The van der Waals surface area contributed by atoms with E-state index >= 15 is 0 Å². The Kier molecular flexibility index (Phi) is 4.80. The smallest absolute Gasteiger partial charge is 0.234 e. The highest BCUT2D eigenvalue weighted by Gasteiger charge is 2.23. The van der Waals surface area contributed by atoms with Gasteiger partial charge in [-0.3, -0.25) is 9.69 Å². The highest BCUT2D eigenvalue weighted by atomic mass is 16.1. The molecule has 1 saturated carbocycles. The lowest BCUT2D eigenvalue weighted by Gasteiger charge is -2.22. The fourth-order valence-electron chi connectivity index (χ4n) is 2.55. The summed E-state index contributed by atoms with van der Waals surface area (Å²) in [6.45, 7) is 6.79. The summed E-state index contributed by atoms with van der Waals surface area (Å²) in [6.07, 6.45) is 5.17. The van der Waals surface area contributed by atoms with Crippen LogP contribution in [-0.2, 0) is 4.79 Å². The summed E-state index contributed by atoms with van der Waals surface area (Å²) in [5.74, 6) is 0.988. The standard InChI is InChI=1S/C13H25N3O/c1-2-16-7-3-4-12(16)9-15-13(17)10-14-8-11-5-6-11/h11-12,14H,2-10H2,1H3,(H,15,17). The van der Waals surface area contributed by atoms with Gasteiger partial charge in [-0.25, -0.2) is 0 Å². The third-order valence-corrected chi connectivity index (χ3v) is 3.86. The molecule has 0 radical (unpaired) electrons. The van der Waals surface area contributed by atoms with E-state index < -0.39 is 0 Å². The minimum atomic E-state index is 0.147. The van der Waals surface area contributed by atoms with Gasteiger partial charge in [0.2, 0.25) is 5.91 Å². The first-order chi connectivity index (χ1) is 8.29. The van der Waals surface area contributed by atoms with E-state index in [0.717, 1.165) is 25.6 Å². The monoisotopic (exact) mass is 239 g/mol. The molecular formula is C13H25N3O. The van der Waals surface area contributed by atoms with Gasteiger partial charge in [0.15, 0.2) is 0 Å². The van der Waals surface area contributed by atoms with E-state index in [2.05, 4.69) is 22.5 Å². The summed E-state index contributed by atoms with van der Waals surface area (Å²) in [5.41, 5.74) is 0. The van der Waals surface area contributed by atoms with E-state index in [1.54, 1.807) is 0 Å². The lowest BCUT2D eigenvalue weighted by molar-refractivity contribution is -0.120. The maximum atomic E-state index is 11.6. The second kappa shape index (κ2) is 6.36. The summed E-state index contributed by atoms with van der Waals surface area (Å²) in [6, 6.07) is 0.562. The van der Waals surface area contributed by atoms with Crippen molar-refractivity contribution >= 4 is 5.91 Å². The first kappa shape index (κ1) is 12.8. The Morgan fingerprint density at radius 1 is 1.29 bits per heavy atom. The van der Waals surface area contributed by atoms with Crippen LogP contribution >= 0.6 is 0 Å². The molecule has 1 unspecified atom stereocenters. The number of likely N-dealkylation sites (N-methyl/N-ethyl adjacent to an activating group) is 1. The normalized spacial score (nSPS) is 25.1. The second-order valence-corrected chi connectivity index (χ2v) is 5.30. The molecule has 1 amide bonds. The summed E-state index contributed by atoms with van der Waals surface area (Å²) >= 11 is 0. The van der Waals surface area contributed by atoms with Gasteiger partial charge >= 0.3 is 0 Å². The Hall–Kier alpha value is -0.610. The number of hydrogen-bond donors (Lipinski definition) is 2. The van der Waals surface area contributed by atoms with Crippen LogP contribution in [0.25, 0.3) is 0 Å². The fraction of sp³-hybridized carbons (Fsp3) is 0.923. The SMILES string of the molecule is CCN1CCCC1CNC(=O)CNCC1CC1. The van der Waals surface area contributed by atoms with Crippen LogP contribution in [0.3, 0.4) is 0 Å². The van der Waals surface area contributed by atoms with Gasteiger partial charge in [0, 0.05) is 12.6 Å². The molecule has 0 aromatic carbocycles. The number of nitrogens with one attached hydrogen (secondary N) is 2. The molecule has 0 spiro atoms.